The van der Waals surface area contributed by atoms with Gasteiger partial charge in [0.1, 0.15) is 0 Å². The molecule has 0 unspecified atom stereocenters. The van der Waals surface area contributed by atoms with Crippen LogP contribution in [0.3, 0.4) is 0 Å². The van der Waals surface area contributed by atoms with Crippen LogP contribution in [0.5, 0.6) is 0 Å². The van der Waals surface area contributed by atoms with Crippen molar-refractivity contribution in [2.45, 2.75) is 239 Å². The summed E-state index contributed by atoms with van der Waals surface area (Å²) in [4.78, 5) is 0. The molecule has 0 aromatic heterocycles. The number of hydrogen-bond acceptors (Lipinski definition) is 2. The second-order valence-corrected chi connectivity index (χ2v) is 13.5. The third kappa shape index (κ3) is 36.0. The van der Waals surface area contributed by atoms with Crippen molar-refractivity contribution in [3.05, 3.63) is 0 Å². The molecule has 0 bridgehead atoms. The van der Waals surface area contributed by atoms with E-state index in [4.69, 9.17) is 0 Å². The molecular formula is C39H82N2. The molecule has 0 aliphatic rings. The van der Waals surface area contributed by atoms with Crippen molar-refractivity contribution in [2.24, 2.45) is 0 Å². The van der Waals surface area contributed by atoms with Crippen LogP contribution >= 0.6 is 0 Å². The van der Waals surface area contributed by atoms with E-state index in [1.54, 1.807) is 0 Å². The predicted octanol–water partition coefficient (Wildman–Crippen LogP) is 13.4. The molecule has 2 heteroatoms. The van der Waals surface area contributed by atoms with Gasteiger partial charge >= 0.3 is 0 Å². The second kappa shape index (κ2) is 37.9. The van der Waals surface area contributed by atoms with E-state index in [1.165, 1.54) is 225 Å². The first-order valence-electron chi connectivity index (χ1n) is 19.8. The van der Waals surface area contributed by atoms with Gasteiger partial charge in [0.15, 0.2) is 0 Å². The molecule has 248 valence electrons. The van der Waals surface area contributed by atoms with Gasteiger partial charge in [0.05, 0.1) is 6.17 Å². The van der Waals surface area contributed by atoms with E-state index in [0.717, 1.165) is 0 Å². The fourth-order valence-electron chi connectivity index (χ4n) is 6.26. The maximum atomic E-state index is 3.76. The van der Waals surface area contributed by atoms with Gasteiger partial charge < -0.3 is 10.6 Å². The Hall–Kier alpha value is -0.0800. The van der Waals surface area contributed by atoms with Gasteiger partial charge in [0, 0.05) is 0 Å². The number of hydrogen-bond donors (Lipinski definition) is 2. The minimum absolute atomic E-state index is 0.516. The zero-order valence-corrected chi connectivity index (χ0v) is 29.3. The van der Waals surface area contributed by atoms with E-state index in [9.17, 15) is 0 Å². The van der Waals surface area contributed by atoms with E-state index < -0.39 is 0 Å². The van der Waals surface area contributed by atoms with Gasteiger partial charge in [-0.05, 0) is 32.4 Å². The highest BCUT2D eigenvalue weighted by Crippen LogP contribution is 2.15. The fourth-order valence-corrected chi connectivity index (χ4v) is 6.26. The van der Waals surface area contributed by atoms with Gasteiger partial charge in [-0.1, -0.05) is 213 Å². The van der Waals surface area contributed by atoms with E-state index in [0.29, 0.717) is 6.17 Å². The van der Waals surface area contributed by atoms with Crippen molar-refractivity contribution in [1.29, 1.82) is 0 Å². The van der Waals surface area contributed by atoms with Crippen LogP contribution in [0.2, 0.25) is 0 Å². The maximum absolute atomic E-state index is 3.76. The highest BCUT2D eigenvalue weighted by atomic mass is 15.1. The number of nitrogens with one attached hydrogen (secondary N) is 2. The van der Waals surface area contributed by atoms with Gasteiger partial charge in [-0.25, -0.2) is 0 Å². The summed E-state index contributed by atoms with van der Waals surface area (Å²) in [6.07, 6.45) is 48.0. The molecule has 2 nitrogen and oxygen atoms in total. The topological polar surface area (TPSA) is 24.1 Å². The summed E-state index contributed by atoms with van der Waals surface area (Å²) >= 11 is 0. The first kappa shape index (κ1) is 40.9. The van der Waals surface area contributed by atoms with Crippen LogP contribution in [-0.4, -0.2) is 19.3 Å². The molecule has 0 saturated carbocycles. The zero-order chi connectivity index (χ0) is 29.7. The molecule has 0 rings (SSSR count). The third-order valence-electron chi connectivity index (χ3n) is 9.25. The van der Waals surface area contributed by atoms with E-state index in [1.807, 2.05) is 0 Å². The Labute approximate surface area is 262 Å². The summed E-state index contributed by atoms with van der Waals surface area (Å²) in [5.74, 6) is 0. The maximum Gasteiger partial charge on any atom is 0.0568 e. The van der Waals surface area contributed by atoms with Crippen LogP contribution in [-0.2, 0) is 0 Å². The molecule has 0 radical (unpaired) electrons. The molecule has 0 aromatic rings. The second-order valence-electron chi connectivity index (χ2n) is 13.5. The fraction of sp³-hybridized carbons (Fsp3) is 1.00. The average Bonchev–Trinajstić information content (AvgIpc) is 2.99. The van der Waals surface area contributed by atoms with Crippen molar-refractivity contribution in [1.82, 2.24) is 10.6 Å². The predicted molar refractivity (Wildman–Crippen MR) is 189 cm³/mol. The SMILES string of the molecule is CCCCCCCCCCCCCCCCCCNC(CC)NCCCCCCCCCCCCCCCCCC. The first-order valence-corrected chi connectivity index (χ1v) is 19.8. The minimum atomic E-state index is 0.516. The zero-order valence-electron chi connectivity index (χ0n) is 29.3. The van der Waals surface area contributed by atoms with Crippen molar-refractivity contribution in [3.8, 4) is 0 Å². The van der Waals surface area contributed by atoms with Gasteiger partial charge in [-0.2, -0.15) is 0 Å². The molecule has 0 saturated heterocycles. The van der Waals surface area contributed by atoms with Crippen LogP contribution < -0.4 is 10.6 Å². The van der Waals surface area contributed by atoms with Crippen LogP contribution in [0.15, 0.2) is 0 Å². The molecule has 0 fully saturated rings. The first-order chi connectivity index (χ1) is 20.3. The molecule has 0 amide bonds. The molecular weight excluding hydrogens is 496 g/mol. The lowest BCUT2D eigenvalue weighted by molar-refractivity contribution is 0.399. The van der Waals surface area contributed by atoms with E-state index >= 15 is 0 Å². The number of rotatable bonds is 37. The summed E-state index contributed by atoms with van der Waals surface area (Å²) in [6.45, 7) is 9.29. The molecule has 0 aromatic carbocycles. The van der Waals surface area contributed by atoms with Gasteiger partial charge in [0.25, 0.3) is 0 Å². The largest absolute Gasteiger partial charge is 0.302 e. The standard InChI is InChI=1S/C39H82N2/c1-4-7-9-11-13-15-17-19-21-23-25-27-29-31-33-35-37-40-39(6-3)41-38-36-34-32-30-28-26-24-22-20-18-16-14-12-10-8-5-2/h39-41H,4-38H2,1-3H3. The summed E-state index contributed by atoms with van der Waals surface area (Å²) < 4.78 is 0. The monoisotopic (exact) mass is 579 g/mol. The highest BCUT2D eigenvalue weighted by molar-refractivity contribution is 4.63. The van der Waals surface area contributed by atoms with Crippen LogP contribution in [0, 0.1) is 0 Å². The molecule has 0 spiro atoms. The van der Waals surface area contributed by atoms with Crippen molar-refractivity contribution in [3.63, 3.8) is 0 Å². The van der Waals surface area contributed by atoms with E-state index in [-0.39, 0.29) is 0 Å². The quantitative estimate of drug-likeness (QED) is 0.0566. The summed E-state index contributed by atoms with van der Waals surface area (Å²) in [7, 11) is 0. The molecule has 2 N–H and O–H groups in total. The summed E-state index contributed by atoms with van der Waals surface area (Å²) in [5, 5.41) is 7.52. The Morgan fingerprint density at radius 1 is 0.268 bits per heavy atom. The Kier molecular flexibility index (Phi) is 37.9. The summed E-state index contributed by atoms with van der Waals surface area (Å²) in [6, 6.07) is 0. The lowest BCUT2D eigenvalue weighted by atomic mass is 10.0. The van der Waals surface area contributed by atoms with Crippen molar-refractivity contribution < 1.29 is 0 Å². The summed E-state index contributed by atoms with van der Waals surface area (Å²) in [5.41, 5.74) is 0. The highest BCUT2D eigenvalue weighted by Gasteiger charge is 2.03. The molecule has 0 aliphatic carbocycles. The lowest BCUT2D eigenvalue weighted by Gasteiger charge is -2.18. The number of unbranched alkanes of at least 4 members (excludes halogenated alkanes) is 30. The Morgan fingerprint density at radius 2 is 0.463 bits per heavy atom. The third-order valence-corrected chi connectivity index (χ3v) is 9.25. The molecule has 0 aliphatic heterocycles. The van der Waals surface area contributed by atoms with Crippen LogP contribution in [0.25, 0.3) is 0 Å². The van der Waals surface area contributed by atoms with Gasteiger partial charge in [0.2, 0.25) is 0 Å². The smallest absolute Gasteiger partial charge is 0.0568 e. The average molecular weight is 579 g/mol. The van der Waals surface area contributed by atoms with Crippen LogP contribution in [0.1, 0.15) is 233 Å². The minimum Gasteiger partial charge on any atom is -0.302 e. The Morgan fingerprint density at radius 3 is 0.659 bits per heavy atom. The lowest BCUT2D eigenvalue weighted by Crippen LogP contribution is -2.42. The normalized spacial score (nSPS) is 11.7. The molecule has 41 heavy (non-hydrogen) atoms. The van der Waals surface area contributed by atoms with Gasteiger partial charge in [-0.15, -0.1) is 0 Å². The molecule has 0 heterocycles. The van der Waals surface area contributed by atoms with E-state index in [2.05, 4.69) is 31.4 Å². The Balaban J connectivity index is 3.24. The molecule has 0 atom stereocenters. The van der Waals surface area contributed by atoms with Crippen LogP contribution in [0.4, 0.5) is 0 Å². The van der Waals surface area contributed by atoms with Crippen molar-refractivity contribution in [2.75, 3.05) is 13.1 Å². The van der Waals surface area contributed by atoms with Crippen molar-refractivity contribution >= 4 is 0 Å². The Bertz CT molecular complexity index is 399. The van der Waals surface area contributed by atoms with Gasteiger partial charge in [-0.3, -0.25) is 0 Å².